The summed E-state index contributed by atoms with van der Waals surface area (Å²) in [6.07, 6.45) is 15.6. The summed E-state index contributed by atoms with van der Waals surface area (Å²) in [6, 6.07) is 11.3. The molecule has 0 spiro atoms. The van der Waals surface area contributed by atoms with Crippen molar-refractivity contribution in [3.63, 3.8) is 0 Å². The van der Waals surface area contributed by atoms with Crippen LogP contribution in [0.3, 0.4) is 0 Å². The van der Waals surface area contributed by atoms with Crippen LogP contribution in [0, 0.1) is 13.8 Å². The Balaban J connectivity index is 1.41. The number of hydrogen-bond acceptors (Lipinski definition) is 0. The van der Waals surface area contributed by atoms with Crippen molar-refractivity contribution < 1.29 is 0 Å². The Morgan fingerprint density at radius 3 is 2.52 bits per heavy atom. The van der Waals surface area contributed by atoms with E-state index in [-0.39, 0.29) is 0 Å². The minimum atomic E-state index is 0.948. The zero-order valence-electron chi connectivity index (χ0n) is 17.8. The number of hydrogen-bond donors (Lipinski definition) is 0. The van der Waals surface area contributed by atoms with Gasteiger partial charge in [-0.2, -0.15) is 0 Å². The molecule has 0 bridgehead atoms. The average molecular weight is 379 g/mol. The largest absolute Gasteiger partial charge is 0.0949 e. The standard InChI is InChI=1S/C29H30/c1-19-8-6-9-20(2)29(19)21(3)16-23-11-7-13-26(23)25-17-24-15-14-22-10-4-5-12-27(22)28(24)18-25/h6,8-9,11,13-15,18H,3-5,7,10,12,16-17H2,1-2H3. The van der Waals surface area contributed by atoms with E-state index in [9.17, 15) is 0 Å². The minimum absolute atomic E-state index is 0.948. The Morgan fingerprint density at radius 2 is 1.69 bits per heavy atom. The van der Waals surface area contributed by atoms with E-state index < -0.39 is 0 Å². The molecule has 0 unspecified atom stereocenters. The van der Waals surface area contributed by atoms with Gasteiger partial charge in [0.15, 0.2) is 0 Å². The molecule has 5 rings (SSSR count). The summed E-state index contributed by atoms with van der Waals surface area (Å²) < 4.78 is 0. The van der Waals surface area contributed by atoms with Crippen molar-refractivity contribution in [3.8, 4) is 0 Å². The van der Waals surface area contributed by atoms with Gasteiger partial charge >= 0.3 is 0 Å². The predicted molar refractivity (Wildman–Crippen MR) is 125 cm³/mol. The van der Waals surface area contributed by atoms with Gasteiger partial charge in [0.2, 0.25) is 0 Å². The van der Waals surface area contributed by atoms with Gasteiger partial charge in [-0.3, -0.25) is 0 Å². The van der Waals surface area contributed by atoms with E-state index in [1.807, 2.05) is 0 Å². The maximum atomic E-state index is 4.48. The van der Waals surface area contributed by atoms with Gasteiger partial charge in [0, 0.05) is 0 Å². The number of aryl methyl sites for hydroxylation is 3. The molecule has 0 aromatic heterocycles. The van der Waals surface area contributed by atoms with E-state index in [4.69, 9.17) is 0 Å². The molecular weight excluding hydrogens is 348 g/mol. The second-order valence-electron chi connectivity index (χ2n) is 8.96. The van der Waals surface area contributed by atoms with Crippen molar-refractivity contribution in [3.05, 3.63) is 105 Å². The first-order valence-electron chi connectivity index (χ1n) is 11.1. The van der Waals surface area contributed by atoms with Crippen LogP contribution in [0.5, 0.6) is 0 Å². The highest BCUT2D eigenvalue weighted by molar-refractivity contribution is 5.77. The number of rotatable bonds is 4. The van der Waals surface area contributed by atoms with Gasteiger partial charge in [-0.05, 0) is 120 Å². The topological polar surface area (TPSA) is 0 Å². The Morgan fingerprint density at radius 1 is 0.931 bits per heavy atom. The van der Waals surface area contributed by atoms with E-state index in [0.717, 1.165) is 19.3 Å². The normalized spacial score (nSPS) is 17.4. The monoisotopic (exact) mass is 378 g/mol. The molecule has 0 nitrogen and oxygen atoms in total. The smallest absolute Gasteiger partial charge is 0.00136 e. The molecule has 3 aliphatic carbocycles. The first-order chi connectivity index (χ1) is 14.1. The van der Waals surface area contributed by atoms with Crippen LogP contribution in [0.15, 0.2) is 65.8 Å². The SMILES string of the molecule is C=C(CC1=CCC=C1C1=Cc2c(ccc3c2CCCC3)C1)c1c(C)cccc1C. The minimum Gasteiger partial charge on any atom is -0.0949 e. The third-order valence-corrected chi connectivity index (χ3v) is 6.98. The molecule has 29 heavy (non-hydrogen) atoms. The van der Waals surface area contributed by atoms with Crippen LogP contribution < -0.4 is 0 Å². The molecule has 2 aromatic rings. The van der Waals surface area contributed by atoms with Crippen molar-refractivity contribution in [2.24, 2.45) is 0 Å². The van der Waals surface area contributed by atoms with E-state index in [0.29, 0.717) is 0 Å². The fraction of sp³-hybridized carbons (Fsp3) is 0.310. The van der Waals surface area contributed by atoms with Crippen LogP contribution >= 0.6 is 0 Å². The summed E-state index contributed by atoms with van der Waals surface area (Å²) in [5, 5.41) is 0. The molecule has 146 valence electrons. The van der Waals surface area contributed by atoms with E-state index in [1.165, 1.54) is 75.8 Å². The molecule has 3 aliphatic rings. The van der Waals surface area contributed by atoms with E-state index >= 15 is 0 Å². The van der Waals surface area contributed by atoms with Crippen molar-refractivity contribution in [1.82, 2.24) is 0 Å². The van der Waals surface area contributed by atoms with E-state index in [1.54, 1.807) is 11.1 Å². The van der Waals surface area contributed by atoms with Crippen LogP contribution in [-0.2, 0) is 19.3 Å². The second-order valence-corrected chi connectivity index (χ2v) is 8.96. The Bertz CT molecular complexity index is 1080. The van der Waals surface area contributed by atoms with Gasteiger partial charge in [0.1, 0.15) is 0 Å². The third kappa shape index (κ3) is 3.25. The quantitative estimate of drug-likeness (QED) is 0.517. The van der Waals surface area contributed by atoms with Gasteiger partial charge in [0.25, 0.3) is 0 Å². The summed E-state index contributed by atoms with van der Waals surface area (Å²) in [7, 11) is 0. The molecular formula is C29H30. The van der Waals surface area contributed by atoms with Gasteiger partial charge < -0.3 is 0 Å². The third-order valence-electron chi connectivity index (χ3n) is 6.98. The second kappa shape index (κ2) is 7.34. The number of allylic oxidation sites excluding steroid dienone is 6. The molecule has 0 aliphatic heterocycles. The lowest BCUT2D eigenvalue weighted by Gasteiger charge is -2.18. The van der Waals surface area contributed by atoms with Gasteiger partial charge in [-0.25, -0.2) is 0 Å². The zero-order chi connectivity index (χ0) is 20.0. The highest BCUT2D eigenvalue weighted by Crippen LogP contribution is 2.41. The Hall–Kier alpha value is -2.60. The lowest BCUT2D eigenvalue weighted by Crippen LogP contribution is -2.05. The summed E-state index contributed by atoms with van der Waals surface area (Å²) in [4.78, 5) is 0. The molecule has 0 fully saturated rings. The van der Waals surface area contributed by atoms with Gasteiger partial charge in [0.05, 0.1) is 0 Å². The highest BCUT2D eigenvalue weighted by Gasteiger charge is 2.24. The van der Waals surface area contributed by atoms with Crippen LogP contribution in [-0.4, -0.2) is 0 Å². The van der Waals surface area contributed by atoms with Crippen molar-refractivity contribution in [2.45, 2.75) is 58.8 Å². The maximum Gasteiger partial charge on any atom is -0.00136 e. The Kier molecular flexibility index (Phi) is 4.66. The van der Waals surface area contributed by atoms with Crippen LogP contribution in [0.4, 0.5) is 0 Å². The number of fused-ring (bicyclic) bond motifs is 3. The fourth-order valence-corrected chi connectivity index (χ4v) is 5.60. The first kappa shape index (κ1) is 18.4. The molecule has 0 heterocycles. The van der Waals surface area contributed by atoms with Crippen molar-refractivity contribution in [2.75, 3.05) is 0 Å². The Labute approximate surface area is 175 Å². The highest BCUT2D eigenvalue weighted by atomic mass is 14.3. The van der Waals surface area contributed by atoms with E-state index in [2.05, 4.69) is 69.0 Å². The average Bonchev–Trinajstić information content (AvgIpc) is 3.34. The van der Waals surface area contributed by atoms with Crippen LogP contribution in [0.2, 0.25) is 0 Å². The lowest BCUT2D eigenvalue weighted by atomic mass is 9.87. The van der Waals surface area contributed by atoms with Crippen LogP contribution in [0.1, 0.15) is 64.6 Å². The van der Waals surface area contributed by atoms with Crippen molar-refractivity contribution in [1.29, 1.82) is 0 Å². The molecule has 0 N–H and O–H groups in total. The number of benzene rings is 2. The fourth-order valence-electron chi connectivity index (χ4n) is 5.60. The molecule has 0 heteroatoms. The molecule has 0 saturated heterocycles. The molecule has 0 atom stereocenters. The van der Waals surface area contributed by atoms with Crippen molar-refractivity contribution >= 4 is 11.6 Å². The summed E-state index contributed by atoms with van der Waals surface area (Å²) in [5.41, 5.74) is 16.0. The first-order valence-corrected chi connectivity index (χ1v) is 11.1. The predicted octanol–water partition coefficient (Wildman–Crippen LogP) is 7.48. The molecule has 2 aromatic carbocycles. The molecule has 0 saturated carbocycles. The lowest BCUT2D eigenvalue weighted by molar-refractivity contribution is 0.684. The molecule has 0 amide bonds. The van der Waals surface area contributed by atoms with Gasteiger partial charge in [-0.15, -0.1) is 0 Å². The summed E-state index contributed by atoms with van der Waals surface area (Å²) in [6.45, 7) is 8.88. The van der Waals surface area contributed by atoms with Crippen LogP contribution in [0.25, 0.3) is 11.6 Å². The summed E-state index contributed by atoms with van der Waals surface area (Å²) >= 11 is 0. The maximum absolute atomic E-state index is 4.48. The summed E-state index contributed by atoms with van der Waals surface area (Å²) in [5.74, 6) is 0. The van der Waals surface area contributed by atoms with Gasteiger partial charge in [-0.1, -0.05) is 55.1 Å². The zero-order valence-corrected chi connectivity index (χ0v) is 17.8. The molecule has 0 radical (unpaired) electrons.